The van der Waals surface area contributed by atoms with Crippen LogP contribution in [0.15, 0.2) is 11.1 Å². The van der Waals surface area contributed by atoms with Crippen molar-refractivity contribution in [1.29, 1.82) is 0 Å². The van der Waals surface area contributed by atoms with Crippen molar-refractivity contribution in [2.24, 2.45) is 4.99 Å². The number of aromatic nitrogens is 1. The van der Waals surface area contributed by atoms with Gasteiger partial charge in [0.25, 0.3) is 0 Å². The lowest BCUT2D eigenvalue weighted by atomic mass is 10.3. The minimum absolute atomic E-state index is 0.0148. The quantitative estimate of drug-likeness (QED) is 0.888. The van der Waals surface area contributed by atoms with Crippen molar-refractivity contribution in [3.8, 4) is 5.75 Å². The van der Waals surface area contributed by atoms with Crippen LogP contribution in [0, 0.1) is 11.6 Å². The molecule has 2 N–H and O–H groups in total. The van der Waals surface area contributed by atoms with Crippen molar-refractivity contribution in [2.45, 2.75) is 6.04 Å². The third-order valence-corrected chi connectivity index (χ3v) is 4.92. The predicted molar refractivity (Wildman–Crippen MR) is 71.6 cm³/mol. The molecule has 0 saturated carbocycles. The lowest BCUT2D eigenvalue weighted by Crippen LogP contribution is -2.17. The molecule has 1 aliphatic heterocycles. The zero-order valence-electron chi connectivity index (χ0n) is 9.63. The Labute approximate surface area is 119 Å². The van der Waals surface area contributed by atoms with Gasteiger partial charge in [-0.1, -0.05) is 0 Å². The molecule has 1 aromatic carbocycles. The third kappa shape index (κ3) is 2.02. The normalized spacial score (nSPS) is 18.5. The Morgan fingerprint density at radius 2 is 2.20 bits per heavy atom. The van der Waals surface area contributed by atoms with E-state index in [0.29, 0.717) is 10.1 Å². The standard InChI is InChI=1S/C11H6F2N2O3S2/c12-3-1-4-8(6(13)7(3)16)20-10(14-4)9-15-5(2-19-9)11(17)18/h1,5,16H,2H2,(H,17,18)/t5-/m1/s1. The Balaban J connectivity index is 2.09. The molecule has 5 nitrogen and oxygen atoms in total. The monoisotopic (exact) mass is 316 g/mol. The Morgan fingerprint density at radius 3 is 2.85 bits per heavy atom. The number of nitrogens with zero attached hydrogens (tertiary/aromatic N) is 2. The molecule has 0 spiro atoms. The number of fused-ring (bicyclic) bond motifs is 1. The molecule has 104 valence electrons. The Morgan fingerprint density at radius 1 is 1.45 bits per heavy atom. The second-order valence-electron chi connectivity index (χ2n) is 3.99. The molecule has 0 amide bonds. The van der Waals surface area contributed by atoms with Gasteiger partial charge in [-0.2, -0.15) is 0 Å². The highest BCUT2D eigenvalue weighted by Gasteiger charge is 2.27. The van der Waals surface area contributed by atoms with E-state index in [1.807, 2.05) is 0 Å². The molecule has 0 fully saturated rings. The summed E-state index contributed by atoms with van der Waals surface area (Å²) in [4.78, 5) is 18.8. The van der Waals surface area contributed by atoms with E-state index in [4.69, 9.17) is 5.11 Å². The summed E-state index contributed by atoms with van der Waals surface area (Å²) < 4.78 is 26.9. The van der Waals surface area contributed by atoms with E-state index in [-0.39, 0.29) is 16.0 Å². The second-order valence-corrected chi connectivity index (χ2v) is 6.00. The van der Waals surface area contributed by atoms with Crippen LogP contribution >= 0.6 is 23.1 Å². The van der Waals surface area contributed by atoms with Crippen LogP contribution in [0.1, 0.15) is 5.01 Å². The lowest BCUT2D eigenvalue weighted by Gasteiger charge is -1.96. The van der Waals surface area contributed by atoms with Crippen LogP contribution in [0.4, 0.5) is 8.78 Å². The Kier molecular flexibility index (Phi) is 3.09. The molecule has 20 heavy (non-hydrogen) atoms. The van der Waals surface area contributed by atoms with Crippen LogP contribution in [0.25, 0.3) is 10.2 Å². The van der Waals surface area contributed by atoms with Crippen molar-refractivity contribution < 1.29 is 23.8 Å². The molecular formula is C11H6F2N2O3S2. The molecule has 0 unspecified atom stereocenters. The number of thioether (sulfide) groups is 1. The number of benzene rings is 1. The van der Waals surface area contributed by atoms with Crippen molar-refractivity contribution in [3.05, 3.63) is 22.7 Å². The van der Waals surface area contributed by atoms with Crippen molar-refractivity contribution >= 4 is 44.3 Å². The number of aromatic hydroxyl groups is 1. The molecule has 0 radical (unpaired) electrons. The van der Waals surface area contributed by atoms with Crippen LogP contribution in [0.5, 0.6) is 5.75 Å². The number of phenolic OH excluding ortho intramolecular Hbond substituents is 1. The van der Waals surface area contributed by atoms with Gasteiger partial charge in [0.1, 0.15) is 10.1 Å². The molecule has 3 rings (SSSR count). The van der Waals surface area contributed by atoms with Crippen LogP contribution in [0.2, 0.25) is 0 Å². The summed E-state index contributed by atoms with van der Waals surface area (Å²) in [6.45, 7) is 0. The molecule has 2 aromatic rings. The third-order valence-electron chi connectivity index (χ3n) is 2.67. The molecule has 2 heterocycles. The van der Waals surface area contributed by atoms with Gasteiger partial charge in [0.05, 0.1) is 10.2 Å². The number of thiazole rings is 1. The first-order valence-corrected chi connectivity index (χ1v) is 7.19. The second kappa shape index (κ2) is 4.67. The first-order valence-electron chi connectivity index (χ1n) is 5.38. The predicted octanol–water partition coefficient (Wildman–Crippen LogP) is 2.23. The van der Waals surface area contributed by atoms with Crippen LogP contribution in [0.3, 0.4) is 0 Å². The smallest absolute Gasteiger partial charge is 0.329 e. The topological polar surface area (TPSA) is 82.8 Å². The van der Waals surface area contributed by atoms with Crippen molar-refractivity contribution in [2.75, 3.05) is 5.75 Å². The summed E-state index contributed by atoms with van der Waals surface area (Å²) in [7, 11) is 0. The van der Waals surface area contributed by atoms with E-state index in [0.717, 1.165) is 17.4 Å². The SMILES string of the molecule is O=C(O)[C@H]1CSC(c2nc3cc(F)c(O)c(F)c3s2)=N1. The number of aliphatic imine (C=N–C) groups is 1. The maximum Gasteiger partial charge on any atom is 0.329 e. The summed E-state index contributed by atoms with van der Waals surface area (Å²) >= 11 is 2.10. The molecular weight excluding hydrogens is 310 g/mol. The molecule has 9 heteroatoms. The minimum atomic E-state index is -1.09. The summed E-state index contributed by atoms with van der Waals surface area (Å²) in [6, 6.07) is 0.0831. The number of rotatable bonds is 2. The van der Waals surface area contributed by atoms with E-state index in [2.05, 4.69) is 9.98 Å². The minimum Gasteiger partial charge on any atom is -0.503 e. The number of aliphatic carboxylic acids is 1. The maximum atomic E-state index is 13.7. The number of carbonyl (C=O) groups is 1. The van der Waals surface area contributed by atoms with Gasteiger partial charge in [-0.05, 0) is 0 Å². The summed E-state index contributed by atoms with van der Waals surface area (Å²) in [5.74, 6) is -3.96. The lowest BCUT2D eigenvalue weighted by molar-refractivity contribution is -0.137. The van der Waals surface area contributed by atoms with Gasteiger partial charge >= 0.3 is 5.97 Å². The molecule has 0 aliphatic carbocycles. The summed E-state index contributed by atoms with van der Waals surface area (Å²) in [6.07, 6.45) is 0. The highest BCUT2D eigenvalue weighted by Crippen LogP contribution is 2.35. The maximum absolute atomic E-state index is 13.7. The average molecular weight is 316 g/mol. The fraction of sp³-hybridized carbons (Fsp3) is 0.182. The number of hydrogen-bond donors (Lipinski definition) is 2. The van der Waals surface area contributed by atoms with Crippen molar-refractivity contribution in [3.63, 3.8) is 0 Å². The summed E-state index contributed by atoms with van der Waals surface area (Å²) in [5, 5.41) is 18.8. The zero-order chi connectivity index (χ0) is 14.4. The number of phenols is 1. The molecule has 0 saturated heterocycles. The van der Waals surface area contributed by atoms with Gasteiger partial charge in [-0.15, -0.1) is 23.1 Å². The van der Waals surface area contributed by atoms with Crippen LogP contribution < -0.4 is 0 Å². The van der Waals surface area contributed by atoms with E-state index >= 15 is 0 Å². The molecule has 1 atom stereocenters. The largest absolute Gasteiger partial charge is 0.503 e. The fourth-order valence-electron chi connectivity index (χ4n) is 1.70. The van der Waals surface area contributed by atoms with E-state index < -0.39 is 29.4 Å². The first-order chi connectivity index (χ1) is 9.47. The van der Waals surface area contributed by atoms with E-state index in [1.165, 1.54) is 11.8 Å². The van der Waals surface area contributed by atoms with E-state index in [9.17, 15) is 18.7 Å². The van der Waals surface area contributed by atoms with Gasteiger partial charge in [-0.25, -0.2) is 18.6 Å². The van der Waals surface area contributed by atoms with Crippen molar-refractivity contribution in [1.82, 2.24) is 4.98 Å². The molecule has 0 bridgehead atoms. The van der Waals surface area contributed by atoms with Gasteiger partial charge < -0.3 is 10.2 Å². The highest BCUT2D eigenvalue weighted by atomic mass is 32.2. The number of hydrogen-bond acceptors (Lipinski definition) is 6. The summed E-state index contributed by atoms with van der Waals surface area (Å²) in [5.41, 5.74) is 0.0693. The van der Waals surface area contributed by atoms with Gasteiger partial charge in [0, 0.05) is 11.8 Å². The Hall–Kier alpha value is -1.74. The Bertz CT molecular complexity index is 760. The highest BCUT2D eigenvalue weighted by molar-refractivity contribution is 8.15. The van der Waals surface area contributed by atoms with E-state index in [1.54, 1.807) is 0 Å². The van der Waals surface area contributed by atoms with Gasteiger partial charge in [-0.3, -0.25) is 4.99 Å². The number of halogens is 2. The molecule has 1 aromatic heterocycles. The fourth-order valence-corrected chi connectivity index (χ4v) is 3.77. The first kappa shape index (κ1) is 13.3. The number of carboxylic acids is 1. The number of carboxylic acid groups (broad SMARTS) is 1. The van der Waals surface area contributed by atoms with Crippen LogP contribution in [-0.4, -0.2) is 38.0 Å². The van der Waals surface area contributed by atoms with Crippen LogP contribution in [-0.2, 0) is 4.79 Å². The zero-order valence-corrected chi connectivity index (χ0v) is 11.3. The average Bonchev–Trinajstić information content (AvgIpc) is 3.01. The molecule has 1 aliphatic rings. The van der Waals surface area contributed by atoms with Gasteiger partial charge in [0.2, 0.25) is 0 Å². The van der Waals surface area contributed by atoms with Gasteiger partial charge in [0.15, 0.2) is 23.4 Å².